The second-order valence-corrected chi connectivity index (χ2v) is 9.09. The second kappa shape index (κ2) is 7.27. The van der Waals surface area contributed by atoms with Crippen molar-refractivity contribution in [1.29, 1.82) is 0 Å². The average Bonchev–Trinajstić information content (AvgIpc) is 2.69. The molecule has 146 valence electrons. The number of fused-ring (bicyclic) bond motifs is 1. The van der Waals surface area contributed by atoms with E-state index in [4.69, 9.17) is 11.6 Å². The first-order valence-electron chi connectivity index (χ1n) is 8.78. The van der Waals surface area contributed by atoms with Crippen LogP contribution < -0.4 is 5.56 Å². The number of hydrogen-bond donors (Lipinski definition) is 0. The topological polar surface area (TPSA) is 72.3 Å². The molecule has 2 aromatic carbocycles. The Morgan fingerprint density at radius 2 is 1.86 bits per heavy atom. The lowest BCUT2D eigenvalue weighted by molar-refractivity contribution is 0.269. The fraction of sp³-hybridized carbons (Fsp3) is 0.263. The van der Waals surface area contributed by atoms with Gasteiger partial charge < -0.3 is 0 Å². The van der Waals surface area contributed by atoms with Gasteiger partial charge in [0.2, 0.25) is 10.0 Å². The van der Waals surface area contributed by atoms with Gasteiger partial charge in [-0.3, -0.25) is 9.36 Å². The van der Waals surface area contributed by atoms with Gasteiger partial charge in [-0.1, -0.05) is 17.7 Å². The van der Waals surface area contributed by atoms with Crippen molar-refractivity contribution >= 4 is 32.5 Å². The predicted molar refractivity (Wildman–Crippen MR) is 104 cm³/mol. The molecule has 1 saturated heterocycles. The van der Waals surface area contributed by atoms with E-state index in [1.165, 1.54) is 28.8 Å². The summed E-state index contributed by atoms with van der Waals surface area (Å²) in [6.07, 6.45) is 2.42. The Morgan fingerprint density at radius 3 is 2.57 bits per heavy atom. The van der Waals surface area contributed by atoms with E-state index in [2.05, 4.69) is 4.98 Å². The zero-order valence-corrected chi connectivity index (χ0v) is 16.3. The van der Waals surface area contributed by atoms with E-state index in [0.717, 1.165) is 6.07 Å². The Morgan fingerprint density at radius 1 is 1.11 bits per heavy atom. The molecular formula is C19H17ClFN3O3S. The molecule has 0 N–H and O–H groups in total. The molecule has 0 aliphatic carbocycles. The Bertz CT molecular complexity index is 1200. The van der Waals surface area contributed by atoms with E-state index in [0.29, 0.717) is 28.8 Å². The van der Waals surface area contributed by atoms with Gasteiger partial charge in [-0.15, -0.1) is 0 Å². The highest BCUT2D eigenvalue weighted by Gasteiger charge is 2.30. The van der Waals surface area contributed by atoms with E-state index >= 15 is 0 Å². The van der Waals surface area contributed by atoms with Crippen LogP contribution in [0.5, 0.6) is 0 Å². The van der Waals surface area contributed by atoms with Gasteiger partial charge in [0.25, 0.3) is 5.56 Å². The molecule has 9 heteroatoms. The number of piperidine rings is 1. The van der Waals surface area contributed by atoms with Crippen LogP contribution in [0.1, 0.15) is 18.9 Å². The molecule has 0 unspecified atom stereocenters. The van der Waals surface area contributed by atoms with E-state index < -0.39 is 15.8 Å². The van der Waals surface area contributed by atoms with E-state index in [9.17, 15) is 17.6 Å². The Hall–Kier alpha value is -2.29. The van der Waals surface area contributed by atoms with Crippen LogP contribution in [0.4, 0.5) is 4.39 Å². The highest BCUT2D eigenvalue weighted by molar-refractivity contribution is 7.89. The van der Waals surface area contributed by atoms with Gasteiger partial charge in [-0.05, 0) is 49.2 Å². The van der Waals surface area contributed by atoms with E-state index in [-0.39, 0.29) is 29.6 Å². The van der Waals surface area contributed by atoms with Gasteiger partial charge in [0.1, 0.15) is 5.82 Å². The summed E-state index contributed by atoms with van der Waals surface area (Å²) in [6.45, 7) is 0.479. The van der Waals surface area contributed by atoms with E-state index in [1.807, 2.05) is 0 Å². The van der Waals surface area contributed by atoms with Crippen LogP contribution >= 0.6 is 11.6 Å². The van der Waals surface area contributed by atoms with E-state index in [1.54, 1.807) is 22.8 Å². The van der Waals surface area contributed by atoms with Crippen molar-refractivity contribution in [1.82, 2.24) is 13.9 Å². The predicted octanol–water partition coefficient (Wildman–Crippen LogP) is 3.21. The number of aromatic nitrogens is 2. The Labute approximate surface area is 166 Å². The minimum Gasteiger partial charge on any atom is -0.296 e. The summed E-state index contributed by atoms with van der Waals surface area (Å²) in [5, 5.41) is 0.893. The van der Waals surface area contributed by atoms with Crippen molar-refractivity contribution in [2.24, 2.45) is 0 Å². The molecule has 0 bridgehead atoms. The number of nitrogens with zero attached hydrogens (tertiary/aromatic N) is 3. The third-order valence-corrected chi connectivity index (χ3v) is 7.13. The number of rotatable bonds is 3. The number of hydrogen-bond acceptors (Lipinski definition) is 4. The average molecular weight is 422 g/mol. The number of benzene rings is 2. The molecule has 0 spiro atoms. The maximum absolute atomic E-state index is 13.4. The highest BCUT2D eigenvalue weighted by Crippen LogP contribution is 2.26. The molecule has 3 aromatic rings. The molecular weight excluding hydrogens is 405 g/mol. The zero-order valence-electron chi connectivity index (χ0n) is 14.8. The first kappa shape index (κ1) is 19.0. The summed E-state index contributed by atoms with van der Waals surface area (Å²) in [4.78, 5) is 17.1. The van der Waals surface area contributed by atoms with Crippen molar-refractivity contribution in [3.63, 3.8) is 0 Å². The third-order valence-electron chi connectivity index (χ3n) is 5.00. The summed E-state index contributed by atoms with van der Waals surface area (Å²) in [5.41, 5.74) is 0.371. The summed E-state index contributed by atoms with van der Waals surface area (Å²) in [5.74, 6) is -0.594. The fourth-order valence-corrected chi connectivity index (χ4v) is 5.18. The molecule has 0 saturated carbocycles. The van der Waals surface area contributed by atoms with Crippen LogP contribution in [0.25, 0.3) is 10.9 Å². The van der Waals surface area contributed by atoms with Gasteiger partial charge in [0, 0.05) is 24.2 Å². The molecule has 1 fully saturated rings. The molecule has 1 aliphatic heterocycles. The van der Waals surface area contributed by atoms with Crippen LogP contribution in [0, 0.1) is 5.82 Å². The maximum atomic E-state index is 13.4. The fourth-order valence-electron chi connectivity index (χ4n) is 3.51. The van der Waals surface area contributed by atoms with Crippen LogP contribution in [-0.2, 0) is 10.0 Å². The molecule has 2 heterocycles. The van der Waals surface area contributed by atoms with Crippen LogP contribution in [0.3, 0.4) is 0 Å². The zero-order chi connectivity index (χ0) is 19.9. The van der Waals surface area contributed by atoms with Crippen LogP contribution in [0.2, 0.25) is 5.02 Å². The lowest BCUT2D eigenvalue weighted by Crippen LogP contribution is -2.40. The molecule has 4 rings (SSSR count). The summed E-state index contributed by atoms with van der Waals surface area (Å²) in [7, 11) is -3.77. The quantitative estimate of drug-likeness (QED) is 0.651. The van der Waals surface area contributed by atoms with Crippen molar-refractivity contribution in [3.8, 4) is 0 Å². The normalized spacial score (nSPS) is 16.5. The first-order chi connectivity index (χ1) is 13.4. The molecule has 28 heavy (non-hydrogen) atoms. The Balaban J connectivity index is 1.57. The number of sulfonamides is 1. The first-order valence-corrected chi connectivity index (χ1v) is 10.6. The monoisotopic (exact) mass is 421 g/mol. The largest absolute Gasteiger partial charge is 0.296 e. The third kappa shape index (κ3) is 3.43. The summed E-state index contributed by atoms with van der Waals surface area (Å²) < 4.78 is 41.7. The van der Waals surface area contributed by atoms with Crippen molar-refractivity contribution in [2.75, 3.05) is 13.1 Å². The van der Waals surface area contributed by atoms with Crippen LogP contribution in [0.15, 0.2) is 58.5 Å². The van der Waals surface area contributed by atoms with Gasteiger partial charge in [-0.25, -0.2) is 17.8 Å². The smallest absolute Gasteiger partial charge is 0.261 e. The van der Waals surface area contributed by atoms with Gasteiger partial charge >= 0.3 is 0 Å². The highest BCUT2D eigenvalue weighted by atomic mass is 35.5. The molecule has 1 aromatic heterocycles. The summed E-state index contributed by atoms with van der Waals surface area (Å²) in [6, 6.07) is 9.77. The standard InChI is InChI=1S/C19H17ClFN3O3S/c20-13-4-5-18-17(10-13)19(25)24(12-22-18)15-6-8-23(9-7-15)28(26,27)16-3-1-2-14(21)11-16/h1-5,10-12,15H,6-9H2. The van der Waals surface area contributed by atoms with Gasteiger partial charge in [0.05, 0.1) is 22.1 Å². The van der Waals surface area contributed by atoms with Crippen LogP contribution in [-0.4, -0.2) is 35.4 Å². The lowest BCUT2D eigenvalue weighted by atomic mass is 10.1. The minimum atomic E-state index is -3.77. The number of halogens is 2. The lowest BCUT2D eigenvalue weighted by Gasteiger charge is -2.32. The maximum Gasteiger partial charge on any atom is 0.261 e. The summed E-state index contributed by atoms with van der Waals surface area (Å²) >= 11 is 5.99. The SMILES string of the molecule is O=c1c2cc(Cl)ccc2ncn1C1CCN(S(=O)(=O)c2cccc(F)c2)CC1. The molecule has 0 amide bonds. The molecule has 6 nitrogen and oxygen atoms in total. The van der Waals surface area contributed by atoms with Gasteiger partial charge in [-0.2, -0.15) is 4.31 Å². The van der Waals surface area contributed by atoms with Gasteiger partial charge in [0.15, 0.2) is 0 Å². The molecule has 0 radical (unpaired) electrons. The van der Waals surface area contributed by atoms with Crippen molar-refractivity contribution < 1.29 is 12.8 Å². The Kier molecular flexibility index (Phi) is 4.95. The van der Waals surface area contributed by atoms with Crippen molar-refractivity contribution in [3.05, 3.63) is 70.0 Å². The molecule has 1 aliphatic rings. The molecule has 0 atom stereocenters. The minimum absolute atomic E-state index is 0.0647. The van der Waals surface area contributed by atoms with Crippen molar-refractivity contribution in [2.45, 2.75) is 23.8 Å². The second-order valence-electron chi connectivity index (χ2n) is 6.71.